The van der Waals surface area contributed by atoms with E-state index in [-0.39, 0.29) is 6.09 Å². The van der Waals surface area contributed by atoms with Crippen LogP contribution >= 0.6 is 0 Å². The third kappa shape index (κ3) is 4.87. The molecular formula is C16H26N4O2. The molecule has 0 saturated heterocycles. The molecule has 1 aromatic heterocycles. The summed E-state index contributed by atoms with van der Waals surface area (Å²) >= 11 is 0. The Morgan fingerprint density at radius 2 is 2.18 bits per heavy atom. The van der Waals surface area contributed by atoms with Crippen molar-refractivity contribution >= 4 is 6.09 Å². The minimum Gasteiger partial charge on any atom is -0.444 e. The van der Waals surface area contributed by atoms with Crippen LogP contribution in [0.2, 0.25) is 0 Å². The number of aromatic nitrogens is 2. The van der Waals surface area contributed by atoms with Crippen molar-refractivity contribution in [1.29, 1.82) is 0 Å². The van der Waals surface area contributed by atoms with E-state index < -0.39 is 5.60 Å². The van der Waals surface area contributed by atoms with Gasteiger partial charge in [0.25, 0.3) is 0 Å². The van der Waals surface area contributed by atoms with Gasteiger partial charge in [-0.3, -0.25) is 0 Å². The molecule has 1 aromatic rings. The van der Waals surface area contributed by atoms with Gasteiger partial charge >= 0.3 is 6.09 Å². The fraction of sp³-hybridized carbons (Fsp3) is 0.625. The Hall–Kier alpha value is -1.82. The number of hydrogen-bond acceptors (Lipinski definition) is 4. The maximum Gasteiger partial charge on any atom is 0.410 e. The zero-order valence-corrected chi connectivity index (χ0v) is 13.9. The molecule has 1 aliphatic heterocycles. The van der Waals surface area contributed by atoms with Crippen LogP contribution in [-0.4, -0.2) is 45.8 Å². The SMILES string of the molecule is Cn1cncc1CNCC1=CCN(C(=O)OC(C)(C)C)CC1. The molecule has 0 aliphatic carbocycles. The summed E-state index contributed by atoms with van der Waals surface area (Å²) in [4.78, 5) is 17.8. The molecule has 0 atom stereocenters. The number of nitrogens with zero attached hydrogens (tertiary/aromatic N) is 3. The van der Waals surface area contributed by atoms with E-state index in [0.717, 1.165) is 25.2 Å². The van der Waals surface area contributed by atoms with E-state index in [1.807, 2.05) is 38.6 Å². The van der Waals surface area contributed by atoms with Crippen LogP contribution < -0.4 is 5.32 Å². The van der Waals surface area contributed by atoms with Crippen molar-refractivity contribution in [2.45, 2.75) is 39.3 Å². The van der Waals surface area contributed by atoms with Gasteiger partial charge in [-0.15, -0.1) is 0 Å². The first-order chi connectivity index (χ1) is 10.3. The first-order valence-electron chi connectivity index (χ1n) is 7.67. The first kappa shape index (κ1) is 16.5. The van der Waals surface area contributed by atoms with Crippen LogP contribution in [0.3, 0.4) is 0 Å². The largest absolute Gasteiger partial charge is 0.444 e. The number of nitrogens with one attached hydrogen (secondary N) is 1. The molecule has 0 saturated carbocycles. The second-order valence-corrected chi connectivity index (χ2v) is 6.64. The summed E-state index contributed by atoms with van der Waals surface area (Å²) in [5.41, 5.74) is 2.06. The number of carbonyl (C=O) groups excluding carboxylic acids is 1. The fourth-order valence-electron chi connectivity index (χ4n) is 2.27. The summed E-state index contributed by atoms with van der Waals surface area (Å²) in [6.45, 7) is 8.64. The van der Waals surface area contributed by atoms with Crippen molar-refractivity contribution in [3.05, 3.63) is 29.9 Å². The van der Waals surface area contributed by atoms with Crippen LogP contribution in [0.15, 0.2) is 24.2 Å². The molecule has 1 N–H and O–H groups in total. The topological polar surface area (TPSA) is 59.4 Å². The number of rotatable bonds is 4. The smallest absolute Gasteiger partial charge is 0.410 e. The van der Waals surface area contributed by atoms with Crippen molar-refractivity contribution < 1.29 is 9.53 Å². The van der Waals surface area contributed by atoms with Gasteiger partial charge in [0.05, 0.1) is 12.0 Å². The molecular weight excluding hydrogens is 280 g/mol. The van der Waals surface area contributed by atoms with E-state index in [4.69, 9.17) is 4.74 Å². The molecule has 6 nitrogen and oxygen atoms in total. The highest BCUT2D eigenvalue weighted by molar-refractivity contribution is 5.68. The number of amides is 1. The molecule has 0 radical (unpaired) electrons. The van der Waals surface area contributed by atoms with Gasteiger partial charge in [0, 0.05) is 39.4 Å². The van der Waals surface area contributed by atoms with Gasteiger partial charge in [0.2, 0.25) is 0 Å². The molecule has 1 aliphatic rings. The minimum atomic E-state index is -0.439. The average Bonchev–Trinajstić information content (AvgIpc) is 2.83. The molecule has 0 aromatic carbocycles. The van der Waals surface area contributed by atoms with Crippen molar-refractivity contribution in [1.82, 2.24) is 19.8 Å². The van der Waals surface area contributed by atoms with Crippen LogP contribution in [-0.2, 0) is 18.3 Å². The average molecular weight is 306 g/mol. The van der Waals surface area contributed by atoms with E-state index in [0.29, 0.717) is 13.1 Å². The maximum absolute atomic E-state index is 12.0. The molecule has 2 rings (SSSR count). The van der Waals surface area contributed by atoms with Gasteiger partial charge < -0.3 is 19.5 Å². The molecule has 0 spiro atoms. The van der Waals surface area contributed by atoms with Crippen LogP contribution in [0.5, 0.6) is 0 Å². The molecule has 0 fully saturated rings. The lowest BCUT2D eigenvalue weighted by atomic mass is 10.1. The Morgan fingerprint density at radius 1 is 1.41 bits per heavy atom. The van der Waals surface area contributed by atoms with Gasteiger partial charge in [0.1, 0.15) is 5.60 Å². The third-order valence-corrected chi connectivity index (χ3v) is 3.53. The number of hydrogen-bond donors (Lipinski definition) is 1. The predicted octanol–water partition coefficient (Wildman–Crippen LogP) is 2.08. The highest BCUT2D eigenvalue weighted by Crippen LogP contribution is 2.15. The van der Waals surface area contributed by atoms with E-state index in [2.05, 4.69) is 16.4 Å². The second kappa shape index (κ2) is 6.96. The lowest BCUT2D eigenvalue weighted by molar-refractivity contribution is 0.0265. The zero-order chi connectivity index (χ0) is 16.2. The van der Waals surface area contributed by atoms with Gasteiger partial charge in [-0.1, -0.05) is 11.6 Å². The Labute approximate surface area is 132 Å². The highest BCUT2D eigenvalue weighted by atomic mass is 16.6. The van der Waals surface area contributed by atoms with Crippen LogP contribution in [0.25, 0.3) is 0 Å². The summed E-state index contributed by atoms with van der Waals surface area (Å²) in [6, 6.07) is 0. The fourth-order valence-corrected chi connectivity index (χ4v) is 2.27. The number of aryl methyl sites for hydroxylation is 1. The van der Waals surface area contributed by atoms with Crippen molar-refractivity contribution in [2.24, 2.45) is 7.05 Å². The summed E-state index contributed by atoms with van der Waals surface area (Å²) in [5.74, 6) is 0. The van der Waals surface area contributed by atoms with Gasteiger partial charge in [-0.05, 0) is 27.2 Å². The molecule has 1 amide bonds. The number of carbonyl (C=O) groups is 1. The normalized spacial score (nSPS) is 15.6. The highest BCUT2D eigenvalue weighted by Gasteiger charge is 2.23. The Bertz CT molecular complexity index is 543. The van der Waals surface area contributed by atoms with Crippen LogP contribution in [0.4, 0.5) is 4.79 Å². The van der Waals surface area contributed by atoms with Crippen molar-refractivity contribution in [3.8, 4) is 0 Å². The van der Waals surface area contributed by atoms with Crippen LogP contribution in [0, 0.1) is 0 Å². The number of imidazole rings is 1. The van der Waals surface area contributed by atoms with E-state index in [9.17, 15) is 4.79 Å². The summed E-state index contributed by atoms with van der Waals surface area (Å²) in [6.07, 6.45) is 6.44. The standard InChI is InChI=1S/C16H26N4O2/c1-16(2,3)22-15(21)20-7-5-13(6-8-20)9-17-10-14-11-18-12-19(14)4/h5,11-12,17H,6-10H2,1-4H3. The summed E-state index contributed by atoms with van der Waals surface area (Å²) < 4.78 is 7.39. The monoisotopic (exact) mass is 306 g/mol. The first-order valence-corrected chi connectivity index (χ1v) is 7.67. The third-order valence-electron chi connectivity index (χ3n) is 3.53. The molecule has 122 valence electrons. The predicted molar refractivity (Wildman–Crippen MR) is 85.4 cm³/mol. The number of ether oxygens (including phenoxy) is 1. The van der Waals surface area contributed by atoms with Crippen molar-refractivity contribution in [2.75, 3.05) is 19.6 Å². The van der Waals surface area contributed by atoms with Gasteiger partial charge in [-0.25, -0.2) is 9.78 Å². The molecule has 22 heavy (non-hydrogen) atoms. The molecule has 6 heteroatoms. The van der Waals surface area contributed by atoms with E-state index >= 15 is 0 Å². The second-order valence-electron chi connectivity index (χ2n) is 6.64. The van der Waals surface area contributed by atoms with Crippen molar-refractivity contribution in [3.63, 3.8) is 0 Å². The zero-order valence-electron chi connectivity index (χ0n) is 13.9. The molecule has 0 unspecified atom stereocenters. The summed E-state index contributed by atoms with van der Waals surface area (Å²) in [7, 11) is 1.99. The molecule has 0 bridgehead atoms. The Kier molecular flexibility index (Phi) is 5.24. The van der Waals surface area contributed by atoms with E-state index in [1.165, 1.54) is 5.57 Å². The summed E-state index contributed by atoms with van der Waals surface area (Å²) in [5, 5.41) is 3.42. The quantitative estimate of drug-likeness (QED) is 0.865. The lowest BCUT2D eigenvalue weighted by Gasteiger charge is -2.29. The van der Waals surface area contributed by atoms with E-state index in [1.54, 1.807) is 11.2 Å². The molecule has 2 heterocycles. The van der Waals surface area contributed by atoms with Gasteiger partial charge in [0.15, 0.2) is 0 Å². The van der Waals surface area contributed by atoms with Crippen LogP contribution in [0.1, 0.15) is 32.9 Å². The van der Waals surface area contributed by atoms with Gasteiger partial charge in [-0.2, -0.15) is 0 Å². The minimum absolute atomic E-state index is 0.231. The maximum atomic E-state index is 12.0. The Morgan fingerprint density at radius 3 is 2.73 bits per heavy atom. The Balaban J connectivity index is 1.75. The lowest BCUT2D eigenvalue weighted by Crippen LogP contribution is -2.39.